The maximum atomic E-state index is 14.0. The van der Waals surface area contributed by atoms with Crippen molar-refractivity contribution in [3.63, 3.8) is 0 Å². The lowest BCUT2D eigenvalue weighted by Crippen LogP contribution is -2.41. The first-order chi connectivity index (χ1) is 13.1. The predicted octanol–water partition coefficient (Wildman–Crippen LogP) is 4.39. The smallest absolute Gasteiger partial charge is 0.229 e. The Labute approximate surface area is 164 Å². The Morgan fingerprint density at radius 3 is 2.85 bits per heavy atom. The van der Waals surface area contributed by atoms with Gasteiger partial charge in [-0.2, -0.15) is 0 Å². The molecule has 3 aromatic rings. The number of rotatable bonds is 3. The molecule has 0 saturated carbocycles. The maximum Gasteiger partial charge on any atom is 0.229 e. The Morgan fingerprint density at radius 1 is 1.22 bits per heavy atom. The molecule has 1 saturated heterocycles. The van der Waals surface area contributed by atoms with E-state index < -0.39 is 5.82 Å². The van der Waals surface area contributed by atoms with E-state index in [1.165, 1.54) is 6.07 Å². The monoisotopic (exact) mass is 428 g/mol. The van der Waals surface area contributed by atoms with E-state index in [9.17, 15) is 9.18 Å². The molecule has 1 aliphatic rings. The average Bonchev–Trinajstić information content (AvgIpc) is 2.70. The van der Waals surface area contributed by atoms with Crippen LogP contribution in [0.15, 0.2) is 53.1 Å². The molecule has 1 aromatic heterocycles. The molecule has 1 amide bonds. The number of benzene rings is 2. The summed E-state index contributed by atoms with van der Waals surface area (Å²) < 4.78 is 14.6. The number of hydrogen-bond acceptors (Lipinski definition) is 4. The standard InChI is InChI=1S/C20H18BrFN4O/c21-14-7-8-16(15(22)10-14)25-20(27)13-4-3-9-26(12-13)19-11-23-17-5-1-2-6-18(17)24-19/h1-2,5-8,10-11,13H,3-4,9,12H2,(H,25,27). The highest BCUT2D eigenvalue weighted by Gasteiger charge is 2.27. The highest BCUT2D eigenvalue weighted by Crippen LogP contribution is 2.25. The first-order valence-corrected chi connectivity index (χ1v) is 9.62. The van der Waals surface area contributed by atoms with Crippen molar-refractivity contribution >= 4 is 44.4 Å². The Kier molecular flexibility index (Phi) is 5.03. The van der Waals surface area contributed by atoms with E-state index in [1.807, 2.05) is 24.3 Å². The van der Waals surface area contributed by atoms with Crippen molar-refractivity contribution in [2.75, 3.05) is 23.3 Å². The molecule has 7 heteroatoms. The number of carbonyl (C=O) groups is 1. The zero-order valence-corrected chi connectivity index (χ0v) is 16.1. The van der Waals surface area contributed by atoms with Crippen molar-refractivity contribution in [2.45, 2.75) is 12.8 Å². The van der Waals surface area contributed by atoms with Crippen LogP contribution in [0.4, 0.5) is 15.9 Å². The largest absolute Gasteiger partial charge is 0.355 e. The van der Waals surface area contributed by atoms with Gasteiger partial charge in [0.15, 0.2) is 0 Å². The highest BCUT2D eigenvalue weighted by molar-refractivity contribution is 9.10. The van der Waals surface area contributed by atoms with Crippen molar-refractivity contribution in [3.8, 4) is 0 Å². The quantitative estimate of drug-likeness (QED) is 0.671. The Morgan fingerprint density at radius 2 is 2.04 bits per heavy atom. The molecule has 0 bridgehead atoms. The number of amides is 1. The minimum absolute atomic E-state index is 0.172. The summed E-state index contributed by atoms with van der Waals surface area (Å²) in [7, 11) is 0. The van der Waals surface area contributed by atoms with Gasteiger partial charge in [-0.3, -0.25) is 9.78 Å². The lowest BCUT2D eigenvalue weighted by atomic mass is 9.97. The summed E-state index contributed by atoms with van der Waals surface area (Å²) in [6.07, 6.45) is 3.38. The Bertz CT molecular complexity index is 997. The number of anilines is 2. The van der Waals surface area contributed by atoms with Crippen LogP contribution < -0.4 is 10.2 Å². The molecule has 0 spiro atoms. The maximum absolute atomic E-state index is 14.0. The van der Waals surface area contributed by atoms with Crippen LogP contribution in [0.1, 0.15) is 12.8 Å². The summed E-state index contributed by atoms with van der Waals surface area (Å²) in [5.41, 5.74) is 1.88. The van der Waals surface area contributed by atoms with Gasteiger partial charge in [0.05, 0.1) is 28.8 Å². The lowest BCUT2D eigenvalue weighted by Gasteiger charge is -2.32. The molecule has 2 aromatic carbocycles. The number of nitrogens with zero attached hydrogens (tertiary/aromatic N) is 3. The van der Waals surface area contributed by atoms with Crippen molar-refractivity contribution < 1.29 is 9.18 Å². The second kappa shape index (κ2) is 7.60. The normalized spacial score (nSPS) is 17.1. The van der Waals surface area contributed by atoms with Gasteiger partial charge in [-0.05, 0) is 43.2 Å². The van der Waals surface area contributed by atoms with Crippen molar-refractivity contribution in [1.82, 2.24) is 9.97 Å². The van der Waals surface area contributed by atoms with Crippen LogP contribution in [-0.2, 0) is 4.79 Å². The molecule has 27 heavy (non-hydrogen) atoms. The molecule has 0 aliphatic carbocycles. The van der Waals surface area contributed by atoms with Crippen LogP contribution >= 0.6 is 15.9 Å². The van der Waals surface area contributed by atoms with E-state index in [1.54, 1.807) is 18.3 Å². The second-order valence-corrected chi connectivity index (χ2v) is 7.53. The van der Waals surface area contributed by atoms with Gasteiger partial charge in [-0.1, -0.05) is 28.1 Å². The number of hydrogen-bond donors (Lipinski definition) is 1. The van der Waals surface area contributed by atoms with Crippen molar-refractivity contribution in [2.24, 2.45) is 5.92 Å². The molecule has 0 radical (unpaired) electrons. The van der Waals surface area contributed by atoms with E-state index >= 15 is 0 Å². The zero-order chi connectivity index (χ0) is 18.8. The summed E-state index contributed by atoms with van der Waals surface area (Å²) in [5, 5.41) is 2.71. The van der Waals surface area contributed by atoms with Gasteiger partial charge in [-0.25, -0.2) is 9.37 Å². The van der Waals surface area contributed by atoms with Crippen molar-refractivity contribution in [3.05, 3.63) is 59.0 Å². The third-order valence-electron chi connectivity index (χ3n) is 4.74. The summed E-state index contributed by atoms with van der Waals surface area (Å²) in [6, 6.07) is 12.3. The Hall–Kier alpha value is -2.54. The van der Waals surface area contributed by atoms with Gasteiger partial charge in [0.1, 0.15) is 11.6 Å². The fourth-order valence-electron chi connectivity index (χ4n) is 3.32. The number of piperidine rings is 1. The van der Waals surface area contributed by atoms with E-state index in [0.717, 1.165) is 36.2 Å². The number of carbonyl (C=O) groups excluding carboxylic acids is 1. The van der Waals surface area contributed by atoms with E-state index in [2.05, 4.69) is 36.1 Å². The SMILES string of the molecule is O=C(Nc1ccc(Br)cc1F)C1CCCN(c2cnc3ccccc3n2)C1. The van der Waals surface area contributed by atoms with Gasteiger partial charge in [0.25, 0.3) is 0 Å². The van der Waals surface area contributed by atoms with E-state index in [4.69, 9.17) is 0 Å². The van der Waals surface area contributed by atoms with Crippen LogP contribution in [0.5, 0.6) is 0 Å². The molecular weight excluding hydrogens is 411 g/mol. The first kappa shape index (κ1) is 17.9. The first-order valence-electron chi connectivity index (χ1n) is 8.83. The summed E-state index contributed by atoms with van der Waals surface area (Å²) >= 11 is 3.22. The van der Waals surface area contributed by atoms with Gasteiger partial charge >= 0.3 is 0 Å². The average molecular weight is 429 g/mol. The Balaban J connectivity index is 1.49. The van der Waals surface area contributed by atoms with E-state index in [0.29, 0.717) is 11.0 Å². The van der Waals surface area contributed by atoms with Gasteiger partial charge in [-0.15, -0.1) is 0 Å². The lowest BCUT2D eigenvalue weighted by molar-refractivity contribution is -0.120. The molecule has 1 fully saturated rings. The fourth-order valence-corrected chi connectivity index (χ4v) is 3.66. The van der Waals surface area contributed by atoms with Crippen LogP contribution in [-0.4, -0.2) is 29.0 Å². The van der Waals surface area contributed by atoms with Crippen LogP contribution in [0.25, 0.3) is 11.0 Å². The zero-order valence-electron chi connectivity index (χ0n) is 14.5. The number of halogens is 2. The minimum Gasteiger partial charge on any atom is -0.355 e. The summed E-state index contributed by atoms with van der Waals surface area (Å²) in [5.74, 6) is -0.0865. The number of fused-ring (bicyclic) bond motifs is 1. The fraction of sp³-hybridized carbons (Fsp3) is 0.250. The third-order valence-corrected chi connectivity index (χ3v) is 5.23. The van der Waals surface area contributed by atoms with Crippen LogP contribution in [0.3, 0.4) is 0 Å². The molecule has 1 atom stereocenters. The molecule has 1 N–H and O–H groups in total. The molecular formula is C20H18BrFN4O. The van der Waals surface area contributed by atoms with E-state index in [-0.39, 0.29) is 17.5 Å². The second-order valence-electron chi connectivity index (χ2n) is 6.62. The van der Waals surface area contributed by atoms with Crippen LogP contribution in [0.2, 0.25) is 0 Å². The van der Waals surface area contributed by atoms with Crippen molar-refractivity contribution in [1.29, 1.82) is 0 Å². The molecule has 5 nitrogen and oxygen atoms in total. The van der Waals surface area contributed by atoms with Gasteiger partial charge < -0.3 is 10.2 Å². The number of aromatic nitrogens is 2. The molecule has 4 rings (SSSR count). The molecule has 2 heterocycles. The van der Waals surface area contributed by atoms with Gasteiger partial charge in [0, 0.05) is 17.6 Å². The molecule has 138 valence electrons. The summed E-state index contributed by atoms with van der Waals surface area (Å²) in [6.45, 7) is 1.36. The number of para-hydroxylation sites is 2. The van der Waals surface area contributed by atoms with Gasteiger partial charge in [0.2, 0.25) is 5.91 Å². The summed E-state index contributed by atoms with van der Waals surface area (Å²) in [4.78, 5) is 23.8. The predicted molar refractivity (Wildman–Crippen MR) is 107 cm³/mol. The number of nitrogens with one attached hydrogen (secondary N) is 1. The topological polar surface area (TPSA) is 58.1 Å². The minimum atomic E-state index is -0.453. The highest BCUT2D eigenvalue weighted by atomic mass is 79.9. The van der Waals surface area contributed by atoms with Crippen LogP contribution in [0, 0.1) is 11.7 Å². The molecule has 1 unspecified atom stereocenters. The molecule has 1 aliphatic heterocycles. The third kappa shape index (κ3) is 3.93.